The van der Waals surface area contributed by atoms with Crippen LogP contribution in [0.5, 0.6) is 0 Å². The lowest BCUT2D eigenvalue weighted by Gasteiger charge is -2.09. The summed E-state index contributed by atoms with van der Waals surface area (Å²) < 4.78 is 13.7. The van der Waals surface area contributed by atoms with Gasteiger partial charge in [0.05, 0.1) is 5.69 Å². The third-order valence-corrected chi connectivity index (χ3v) is 2.65. The Morgan fingerprint density at radius 3 is 2.93 bits per heavy atom. The average Bonchev–Trinajstić information content (AvgIpc) is 2.19. The minimum Gasteiger partial charge on any atom is -0.380 e. The van der Waals surface area contributed by atoms with Crippen LogP contribution in [0.3, 0.4) is 0 Å². The summed E-state index contributed by atoms with van der Waals surface area (Å²) in [6.45, 7) is 6.59. The monoisotopic (exact) mass is 257 g/mol. The van der Waals surface area contributed by atoms with Gasteiger partial charge in [0, 0.05) is 11.0 Å². The van der Waals surface area contributed by atoms with Crippen molar-refractivity contribution < 1.29 is 4.39 Å². The van der Waals surface area contributed by atoms with Crippen molar-refractivity contribution in [1.82, 2.24) is 0 Å². The first-order valence-corrected chi connectivity index (χ1v) is 5.28. The molecule has 0 unspecified atom stereocenters. The molecular formula is C11H13BrFN. The molecule has 0 amide bonds. The van der Waals surface area contributed by atoms with E-state index in [-0.39, 0.29) is 5.82 Å². The Labute approximate surface area is 92.1 Å². The summed E-state index contributed by atoms with van der Waals surface area (Å²) in [5.41, 5.74) is 1.86. The molecule has 0 bridgehead atoms. The Bertz CT molecular complexity index is 336. The molecular weight excluding hydrogens is 245 g/mol. The van der Waals surface area contributed by atoms with Crippen LogP contribution in [0, 0.1) is 5.82 Å². The molecule has 0 heterocycles. The molecule has 1 N–H and O–H groups in total. The molecule has 0 fully saturated rings. The summed E-state index contributed by atoms with van der Waals surface area (Å²) in [5.74, 6) is -0.238. The van der Waals surface area contributed by atoms with E-state index in [1.165, 1.54) is 12.1 Å². The summed E-state index contributed by atoms with van der Waals surface area (Å²) in [6.07, 6.45) is 0.930. The van der Waals surface area contributed by atoms with Crippen molar-refractivity contribution in [3.8, 4) is 0 Å². The molecule has 0 atom stereocenters. The third kappa shape index (κ3) is 3.14. The highest BCUT2D eigenvalue weighted by atomic mass is 79.9. The van der Waals surface area contributed by atoms with E-state index in [2.05, 4.69) is 27.8 Å². The molecule has 0 saturated heterocycles. The van der Waals surface area contributed by atoms with Gasteiger partial charge < -0.3 is 5.32 Å². The number of nitrogens with one attached hydrogen (secondary N) is 1. The fourth-order valence-electron chi connectivity index (χ4n) is 0.978. The molecule has 1 aromatic carbocycles. The van der Waals surface area contributed by atoms with Crippen LogP contribution in [-0.2, 0) is 0 Å². The fourth-order valence-corrected chi connectivity index (χ4v) is 1.37. The maximum Gasteiger partial charge on any atom is 0.125 e. The van der Waals surface area contributed by atoms with Gasteiger partial charge in [0.15, 0.2) is 0 Å². The number of halogens is 2. The molecule has 76 valence electrons. The Balaban J connectivity index is 2.66. The Morgan fingerprint density at radius 2 is 2.29 bits per heavy atom. The largest absolute Gasteiger partial charge is 0.380 e. The van der Waals surface area contributed by atoms with Crippen molar-refractivity contribution in [2.75, 3.05) is 11.9 Å². The van der Waals surface area contributed by atoms with Crippen LogP contribution >= 0.6 is 15.9 Å². The van der Waals surface area contributed by atoms with E-state index in [1.54, 1.807) is 6.07 Å². The molecule has 1 rings (SSSR count). The summed E-state index contributed by atoms with van der Waals surface area (Å²) in [7, 11) is 0. The van der Waals surface area contributed by atoms with Gasteiger partial charge in [0.25, 0.3) is 0 Å². The van der Waals surface area contributed by atoms with Crippen LogP contribution in [0.15, 0.2) is 34.8 Å². The Morgan fingerprint density at radius 1 is 1.57 bits per heavy atom. The van der Waals surface area contributed by atoms with Crippen molar-refractivity contribution in [2.45, 2.75) is 13.3 Å². The summed E-state index contributed by atoms with van der Waals surface area (Å²) in [5, 5.41) is 3.12. The van der Waals surface area contributed by atoms with Gasteiger partial charge >= 0.3 is 0 Å². The van der Waals surface area contributed by atoms with Crippen molar-refractivity contribution in [1.29, 1.82) is 0 Å². The second-order valence-corrected chi connectivity index (χ2v) is 3.94. The Hall–Kier alpha value is -0.830. The minimum atomic E-state index is -0.238. The lowest BCUT2D eigenvalue weighted by atomic mass is 10.2. The molecule has 14 heavy (non-hydrogen) atoms. The van der Waals surface area contributed by atoms with Crippen LogP contribution in [0.25, 0.3) is 0 Å². The van der Waals surface area contributed by atoms with Gasteiger partial charge in [-0.3, -0.25) is 0 Å². The molecule has 0 aromatic heterocycles. The molecule has 1 nitrogen and oxygen atoms in total. The lowest BCUT2D eigenvalue weighted by molar-refractivity contribution is 0.628. The normalized spacial score (nSPS) is 9.93. The predicted octanol–water partition coefficient (Wildman–Crippen LogP) is 3.97. The van der Waals surface area contributed by atoms with E-state index >= 15 is 0 Å². The number of benzene rings is 1. The summed E-state index contributed by atoms with van der Waals surface area (Å²) in [4.78, 5) is 0. The number of hydrogen-bond acceptors (Lipinski definition) is 1. The maximum atomic E-state index is 12.9. The van der Waals surface area contributed by atoms with Gasteiger partial charge in [-0.05, 0) is 40.5 Å². The molecule has 0 radical (unpaired) electrons. The van der Waals surface area contributed by atoms with Gasteiger partial charge in [-0.25, -0.2) is 4.39 Å². The molecule has 0 aliphatic carbocycles. The number of anilines is 1. The fraction of sp³-hybridized carbons (Fsp3) is 0.273. The van der Waals surface area contributed by atoms with E-state index in [1.807, 2.05) is 6.92 Å². The van der Waals surface area contributed by atoms with Crippen molar-refractivity contribution >= 4 is 21.6 Å². The van der Waals surface area contributed by atoms with E-state index < -0.39 is 0 Å². The molecule has 3 heteroatoms. The molecule has 0 saturated carbocycles. The van der Waals surface area contributed by atoms with E-state index in [9.17, 15) is 4.39 Å². The number of rotatable bonds is 4. The highest BCUT2D eigenvalue weighted by Gasteiger charge is 2.00. The van der Waals surface area contributed by atoms with Crippen molar-refractivity contribution in [3.05, 3.63) is 40.6 Å². The SMILES string of the molecule is C=C(CC)CNc1cc(F)ccc1Br. The van der Waals surface area contributed by atoms with Crippen LogP contribution in [0.1, 0.15) is 13.3 Å². The first-order chi connectivity index (χ1) is 6.63. The van der Waals surface area contributed by atoms with Crippen LogP contribution in [0.2, 0.25) is 0 Å². The number of hydrogen-bond donors (Lipinski definition) is 1. The lowest BCUT2D eigenvalue weighted by Crippen LogP contribution is -2.04. The van der Waals surface area contributed by atoms with E-state index in [0.717, 1.165) is 22.2 Å². The van der Waals surface area contributed by atoms with Crippen LogP contribution < -0.4 is 5.32 Å². The third-order valence-electron chi connectivity index (χ3n) is 1.96. The van der Waals surface area contributed by atoms with Gasteiger partial charge in [0.1, 0.15) is 5.82 Å². The van der Waals surface area contributed by atoms with Crippen LogP contribution in [0.4, 0.5) is 10.1 Å². The smallest absolute Gasteiger partial charge is 0.125 e. The molecule has 1 aromatic rings. The zero-order valence-electron chi connectivity index (χ0n) is 8.11. The first kappa shape index (κ1) is 11.2. The second kappa shape index (κ2) is 5.15. The summed E-state index contributed by atoms with van der Waals surface area (Å²) in [6, 6.07) is 4.57. The van der Waals surface area contributed by atoms with Gasteiger partial charge in [-0.2, -0.15) is 0 Å². The van der Waals surface area contributed by atoms with Crippen molar-refractivity contribution in [3.63, 3.8) is 0 Å². The first-order valence-electron chi connectivity index (χ1n) is 4.49. The van der Waals surface area contributed by atoms with Gasteiger partial charge in [-0.15, -0.1) is 0 Å². The van der Waals surface area contributed by atoms with Gasteiger partial charge in [0.2, 0.25) is 0 Å². The maximum absolute atomic E-state index is 12.9. The van der Waals surface area contributed by atoms with Gasteiger partial charge in [-0.1, -0.05) is 19.1 Å². The zero-order chi connectivity index (χ0) is 10.6. The van der Waals surface area contributed by atoms with E-state index in [0.29, 0.717) is 6.54 Å². The van der Waals surface area contributed by atoms with E-state index in [4.69, 9.17) is 0 Å². The highest BCUT2D eigenvalue weighted by molar-refractivity contribution is 9.10. The molecule has 0 aliphatic rings. The quantitative estimate of drug-likeness (QED) is 0.806. The summed E-state index contributed by atoms with van der Waals surface area (Å²) >= 11 is 3.34. The predicted molar refractivity (Wildman–Crippen MR) is 62.0 cm³/mol. The average molecular weight is 258 g/mol. The van der Waals surface area contributed by atoms with Crippen LogP contribution in [-0.4, -0.2) is 6.54 Å². The second-order valence-electron chi connectivity index (χ2n) is 3.08. The standard InChI is InChI=1S/C11H13BrFN/c1-3-8(2)7-14-11-6-9(13)4-5-10(11)12/h4-6,14H,2-3,7H2,1H3. The van der Waals surface area contributed by atoms with Crippen molar-refractivity contribution in [2.24, 2.45) is 0 Å². The zero-order valence-corrected chi connectivity index (χ0v) is 9.70. The molecule has 0 aliphatic heterocycles. The minimum absolute atomic E-state index is 0.238. The highest BCUT2D eigenvalue weighted by Crippen LogP contribution is 2.23. The molecule has 0 spiro atoms. The topological polar surface area (TPSA) is 12.0 Å². The Kier molecular flexibility index (Phi) is 4.14.